The molecule has 0 aromatic rings. The summed E-state index contributed by atoms with van der Waals surface area (Å²) in [6, 6.07) is -1.25. The zero-order valence-corrected chi connectivity index (χ0v) is 22.9. The van der Waals surface area contributed by atoms with E-state index in [4.69, 9.17) is 4.74 Å². The van der Waals surface area contributed by atoms with Gasteiger partial charge in [0.05, 0.1) is 6.04 Å². The molecule has 3 aliphatic rings. The maximum atomic E-state index is 13.8. The number of hydrogen-bond donors (Lipinski definition) is 4. The molecular formula is C26H43N3O6S. The minimum atomic E-state index is -1.38. The first-order valence-corrected chi connectivity index (χ1v) is 14.3. The average Bonchev–Trinajstić information content (AvgIpc) is 2.86. The molecule has 0 bridgehead atoms. The summed E-state index contributed by atoms with van der Waals surface area (Å²) in [4.78, 5) is 30.8. The molecule has 2 amide bonds. The zero-order valence-electron chi connectivity index (χ0n) is 22.0. The molecule has 8 atom stereocenters. The maximum Gasteiger partial charge on any atom is 0.252 e. The Kier molecular flexibility index (Phi) is 10.3. The van der Waals surface area contributed by atoms with Crippen LogP contribution in [0.5, 0.6) is 0 Å². The van der Waals surface area contributed by atoms with Crippen molar-refractivity contribution >= 4 is 23.6 Å². The van der Waals surface area contributed by atoms with Gasteiger partial charge in [0.15, 0.2) is 0 Å². The van der Waals surface area contributed by atoms with E-state index in [0.717, 1.165) is 19.3 Å². The van der Waals surface area contributed by atoms with Gasteiger partial charge in [0.1, 0.15) is 35.9 Å². The summed E-state index contributed by atoms with van der Waals surface area (Å²) in [6.45, 7) is 6.46. The summed E-state index contributed by atoms with van der Waals surface area (Å²) in [7, 11) is 1.87. The molecule has 0 aromatic heterocycles. The van der Waals surface area contributed by atoms with Gasteiger partial charge in [-0.05, 0) is 43.6 Å². The molecule has 0 radical (unpaired) electrons. The van der Waals surface area contributed by atoms with Crippen LogP contribution in [0.15, 0.2) is 24.0 Å². The molecule has 3 heterocycles. The molecule has 0 aliphatic carbocycles. The topological polar surface area (TPSA) is 123 Å². The van der Waals surface area contributed by atoms with Crippen molar-refractivity contribution in [3.8, 4) is 0 Å². The molecule has 8 unspecified atom stereocenters. The number of carbonyl (C=O) groups is 2. The Balaban J connectivity index is 1.82. The maximum absolute atomic E-state index is 13.8. The van der Waals surface area contributed by atoms with E-state index in [2.05, 4.69) is 12.2 Å². The summed E-state index contributed by atoms with van der Waals surface area (Å²) in [6.07, 6.45) is 6.52. The fourth-order valence-electron chi connectivity index (χ4n) is 5.47. The van der Waals surface area contributed by atoms with Gasteiger partial charge in [0.25, 0.3) is 5.91 Å². The fourth-order valence-corrected chi connectivity index (χ4v) is 6.15. The van der Waals surface area contributed by atoms with Crippen LogP contribution >= 0.6 is 11.8 Å². The highest BCUT2D eigenvalue weighted by atomic mass is 32.2. The lowest BCUT2D eigenvalue weighted by atomic mass is 9.85. The van der Waals surface area contributed by atoms with Gasteiger partial charge in [-0.2, -0.15) is 0 Å². The molecular weight excluding hydrogens is 482 g/mol. The van der Waals surface area contributed by atoms with E-state index in [0.29, 0.717) is 30.9 Å². The molecule has 9 nitrogen and oxygen atoms in total. The highest BCUT2D eigenvalue weighted by molar-refractivity contribution is 7.99. The lowest BCUT2D eigenvalue weighted by molar-refractivity contribution is -0.208. The summed E-state index contributed by atoms with van der Waals surface area (Å²) >= 11 is 1.24. The minimum absolute atomic E-state index is 0.127. The van der Waals surface area contributed by atoms with Crippen molar-refractivity contribution in [1.29, 1.82) is 0 Å². The Morgan fingerprint density at radius 3 is 2.56 bits per heavy atom. The van der Waals surface area contributed by atoms with Crippen LogP contribution in [-0.2, 0) is 14.3 Å². The number of likely N-dealkylation sites (tertiary alicyclic amines) is 1. The first kappa shape index (κ1) is 29.0. The lowest BCUT2D eigenvalue weighted by Crippen LogP contribution is -2.65. The number of rotatable bonds is 8. The molecule has 3 rings (SSSR count). The standard InChI is InChI=1S/C26H43N3O6S/c1-6-8-16-10-12-29(25(34)17-9-7-11-28(4)14-17)18(13-16)24(33)27-19(15(2)3)23-21(31)20(30)22(32)26(35-23)36-5/h7,11,14-16,18-23,26,30-32H,6,8-10,12-13H2,1-5H3,(H,27,33). The van der Waals surface area contributed by atoms with Crippen LogP contribution < -0.4 is 5.32 Å². The van der Waals surface area contributed by atoms with Crippen LogP contribution in [0, 0.1) is 11.8 Å². The second-order valence-electron chi connectivity index (χ2n) is 10.6. The van der Waals surface area contributed by atoms with Gasteiger partial charge in [-0.25, -0.2) is 0 Å². The number of piperidine rings is 1. The monoisotopic (exact) mass is 525 g/mol. The van der Waals surface area contributed by atoms with Crippen molar-refractivity contribution in [3.05, 3.63) is 24.0 Å². The van der Waals surface area contributed by atoms with E-state index in [1.165, 1.54) is 11.8 Å². The zero-order chi connectivity index (χ0) is 26.6. The van der Waals surface area contributed by atoms with E-state index in [9.17, 15) is 24.9 Å². The van der Waals surface area contributed by atoms with Gasteiger partial charge in [-0.1, -0.05) is 39.7 Å². The predicted octanol–water partition coefficient (Wildman–Crippen LogP) is 1.44. The Hall–Kier alpha value is -1.59. The van der Waals surface area contributed by atoms with Crippen molar-refractivity contribution in [2.24, 2.45) is 11.8 Å². The Bertz CT molecular complexity index is 834. The van der Waals surface area contributed by atoms with Crippen LogP contribution in [-0.4, -0.2) is 98.7 Å². The number of nitrogens with one attached hydrogen (secondary N) is 1. The van der Waals surface area contributed by atoms with E-state index in [-0.39, 0.29) is 17.7 Å². The van der Waals surface area contributed by atoms with Crippen molar-refractivity contribution in [3.63, 3.8) is 0 Å². The third kappa shape index (κ3) is 6.45. The van der Waals surface area contributed by atoms with Gasteiger partial charge >= 0.3 is 0 Å². The number of hydrogen-bond acceptors (Lipinski definition) is 8. The average molecular weight is 526 g/mol. The van der Waals surface area contributed by atoms with Crippen molar-refractivity contribution < 1.29 is 29.6 Å². The van der Waals surface area contributed by atoms with Crippen LogP contribution in [0.1, 0.15) is 52.9 Å². The smallest absolute Gasteiger partial charge is 0.252 e. The number of carbonyl (C=O) groups excluding carboxylic acids is 2. The molecule has 204 valence electrons. The number of ether oxygens (including phenoxy) is 1. The number of aliphatic hydroxyl groups excluding tert-OH is 3. The molecule has 0 aromatic carbocycles. The van der Waals surface area contributed by atoms with Gasteiger partial charge in [-0.15, -0.1) is 11.8 Å². The van der Waals surface area contributed by atoms with Gasteiger partial charge in [-0.3, -0.25) is 9.59 Å². The lowest BCUT2D eigenvalue weighted by Gasteiger charge is -2.45. The van der Waals surface area contributed by atoms with Crippen LogP contribution in [0.2, 0.25) is 0 Å². The fraction of sp³-hybridized carbons (Fsp3) is 0.769. The molecule has 2 fully saturated rings. The number of amides is 2. The highest BCUT2D eigenvalue weighted by Crippen LogP contribution is 2.32. The quantitative estimate of drug-likeness (QED) is 0.376. The number of aliphatic hydroxyl groups is 3. The van der Waals surface area contributed by atoms with Crippen molar-refractivity contribution in [1.82, 2.24) is 15.1 Å². The van der Waals surface area contributed by atoms with Crippen molar-refractivity contribution in [2.45, 2.75) is 94.8 Å². The van der Waals surface area contributed by atoms with E-state index < -0.39 is 41.9 Å². The molecule has 10 heteroatoms. The summed E-state index contributed by atoms with van der Waals surface area (Å²) < 4.78 is 5.97. The van der Waals surface area contributed by atoms with Crippen LogP contribution in [0.4, 0.5) is 0 Å². The number of nitrogens with zero attached hydrogens (tertiary/aromatic N) is 2. The largest absolute Gasteiger partial charge is 0.388 e. The first-order valence-electron chi connectivity index (χ1n) is 13.0. The normalized spacial score (nSPS) is 33.9. The third-order valence-electron chi connectivity index (χ3n) is 7.50. The number of thioether (sulfide) groups is 1. The van der Waals surface area contributed by atoms with Crippen LogP contribution in [0.3, 0.4) is 0 Å². The van der Waals surface area contributed by atoms with Gasteiger partial charge in [0.2, 0.25) is 5.91 Å². The first-order chi connectivity index (χ1) is 17.1. The third-order valence-corrected chi connectivity index (χ3v) is 8.36. The Morgan fingerprint density at radius 1 is 1.22 bits per heavy atom. The minimum Gasteiger partial charge on any atom is -0.388 e. The van der Waals surface area contributed by atoms with E-state index in [1.54, 1.807) is 11.2 Å². The van der Waals surface area contributed by atoms with E-state index in [1.807, 2.05) is 44.3 Å². The highest BCUT2D eigenvalue weighted by Gasteiger charge is 2.48. The number of allylic oxidation sites excluding steroid dienone is 1. The van der Waals surface area contributed by atoms with Crippen LogP contribution in [0.25, 0.3) is 0 Å². The summed E-state index contributed by atoms with van der Waals surface area (Å²) in [5, 5.41) is 34.5. The molecule has 0 saturated carbocycles. The van der Waals surface area contributed by atoms with Crippen molar-refractivity contribution in [2.75, 3.05) is 19.8 Å². The SMILES string of the molecule is CCCC1CCN(C(=O)C2=CN(C)C=CC2)C(C(=O)NC(C(C)C)C2OC(SC)C(O)C(O)C2O)C1. The summed E-state index contributed by atoms with van der Waals surface area (Å²) in [5.74, 6) is -0.181. The molecule has 3 aliphatic heterocycles. The van der Waals surface area contributed by atoms with E-state index >= 15 is 0 Å². The van der Waals surface area contributed by atoms with Gasteiger partial charge < -0.3 is 35.2 Å². The Labute approximate surface area is 218 Å². The molecule has 0 spiro atoms. The molecule has 2 saturated heterocycles. The second kappa shape index (κ2) is 12.8. The molecule has 36 heavy (non-hydrogen) atoms. The second-order valence-corrected chi connectivity index (χ2v) is 11.5. The summed E-state index contributed by atoms with van der Waals surface area (Å²) in [5.41, 5.74) is -0.0744. The molecule has 4 N–H and O–H groups in total. The predicted molar refractivity (Wildman–Crippen MR) is 140 cm³/mol. The Morgan fingerprint density at radius 2 is 1.94 bits per heavy atom. The van der Waals surface area contributed by atoms with Gasteiger partial charge in [0, 0.05) is 25.4 Å².